The Bertz CT molecular complexity index is 681. The van der Waals surface area contributed by atoms with Crippen molar-refractivity contribution in [3.63, 3.8) is 0 Å². The largest absolute Gasteiger partial charge is 0.497 e. The van der Waals surface area contributed by atoms with Gasteiger partial charge in [-0.15, -0.1) is 0 Å². The Balaban J connectivity index is 1.70. The monoisotopic (exact) mass is 353 g/mol. The fourth-order valence-electron chi connectivity index (χ4n) is 4.18. The van der Waals surface area contributed by atoms with Crippen LogP contribution in [0, 0.1) is 0 Å². The molecular formula is C23H31NO2. The molecule has 0 radical (unpaired) electrons. The van der Waals surface area contributed by atoms with Gasteiger partial charge in [-0.25, -0.2) is 0 Å². The molecule has 0 saturated carbocycles. The lowest BCUT2D eigenvalue weighted by Gasteiger charge is -2.45. The molecule has 1 heterocycles. The number of methoxy groups -OCH3 is 1. The van der Waals surface area contributed by atoms with Crippen molar-refractivity contribution in [2.75, 3.05) is 20.3 Å². The van der Waals surface area contributed by atoms with Gasteiger partial charge in [0.25, 0.3) is 0 Å². The van der Waals surface area contributed by atoms with Crippen molar-refractivity contribution < 1.29 is 9.47 Å². The van der Waals surface area contributed by atoms with Crippen molar-refractivity contribution in [2.24, 2.45) is 0 Å². The van der Waals surface area contributed by atoms with Gasteiger partial charge in [-0.1, -0.05) is 42.5 Å². The molecule has 3 nitrogen and oxygen atoms in total. The van der Waals surface area contributed by atoms with Crippen LogP contribution in [0.5, 0.6) is 5.75 Å². The summed E-state index contributed by atoms with van der Waals surface area (Å²) >= 11 is 0. The van der Waals surface area contributed by atoms with Crippen molar-refractivity contribution in [3.05, 3.63) is 65.7 Å². The van der Waals surface area contributed by atoms with Crippen LogP contribution in [0.3, 0.4) is 0 Å². The van der Waals surface area contributed by atoms with Crippen LogP contribution in [0.25, 0.3) is 0 Å². The molecule has 1 saturated heterocycles. The van der Waals surface area contributed by atoms with E-state index in [2.05, 4.69) is 73.8 Å². The van der Waals surface area contributed by atoms with E-state index < -0.39 is 0 Å². The predicted octanol–water partition coefficient (Wildman–Crippen LogP) is 4.70. The molecule has 3 rings (SSSR count). The van der Waals surface area contributed by atoms with E-state index in [0.717, 1.165) is 44.7 Å². The minimum atomic E-state index is -0.0857. The first-order valence-corrected chi connectivity index (χ1v) is 9.56. The second kappa shape index (κ2) is 8.24. The summed E-state index contributed by atoms with van der Waals surface area (Å²) in [4.78, 5) is 0. The SMILES string of the molecule is COc1ccc([C@]2(CCNCc3ccccc3)CCOC(C)(C)C2)cc1. The van der Waals surface area contributed by atoms with Crippen LogP contribution in [0.15, 0.2) is 54.6 Å². The van der Waals surface area contributed by atoms with Crippen LogP contribution in [0.2, 0.25) is 0 Å². The lowest BCUT2D eigenvalue weighted by Crippen LogP contribution is -2.45. The Labute approximate surface area is 157 Å². The van der Waals surface area contributed by atoms with Gasteiger partial charge in [0.2, 0.25) is 0 Å². The van der Waals surface area contributed by atoms with Crippen molar-refractivity contribution in [3.8, 4) is 5.75 Å². The predicted molar refractivity (Wildman–Crippen MR) is 107 cm³/mol. The number of nitrogens with one attached hydrogen (secondary N) is 1. The third-order valence-electron chi connectivity index (χ3n) is 5.49. The number of rotatable bonds is 7. The van der Waals surface area contributed by atoms with Gasteiger partial charge >= 0.3 is 0 Å². The first-order chi connectivity index (χ1) is 12.5. The zero-order valence-corrected chi connectivity index (χ0v) is 16.3. The first kappa shape index (κ1) is 18.9. The summed E-state index contributed by atoms with van der Waals surface area (Å²) < 4.78 is 11.4. The summed E-state index contributed by atoms with van der Waals surface area (Å²) in [5.41, 5.74) is 2.80. The van der Waals surface area contributed by atoms with E-state index in [1.807, 2.05) is 0 Å². The van der Waals surface area contributed by atoms with E-state index in [0.29, 0.717) is 0 Å². The van der Waals surface area contributed by atoms with Gasteiger partial charge in [-0.2, -0.15) is 0 Å². The molecule has 26 heavy (non-hydrogen) atoms. The molecule has 0 aromatic heterocycles. The van der Waals surface area contributed by atoms with Crippen LogP contribution >= 0.6 is 0 Å². The molecule has 0 unspecified atom stereocenters. The molecular weight excluding hydrogens is 322 g/mol. The topological polar surface area (TPSA) is 30.5 Å². The molecule has 1 aliphatic heterocycles. The van der Waals surface area contributed by atoms with Crippen LogP contribution in [-0.4, -0.2) is 25.9 Å². The third kappa shape index (κ3) is 4.66. The summed E-state index contributed by atoms with van der Waals surface area (Å²) in [5, 5.41) is 3.63. The van der Waals surface area contributed by atoms with E-state index in [4.69, 9.17) is 9.47 Å². The Morgan fingerprint density at radius 1 is 1.04 bits per heavy atom. The lowest BCUT2D eigenvalue weighted by molar-refractivity contribution is -0.0840. The average molecular weight is 354 g/mol. The van der Waals surface area contributed by atoms with Crippen LogP contribution in [-0.2, 0) is 16.7 Å². The number of benzene rings is 2. The molecule has 1 atom stereocenters. The molecule has 0 spiro atoms. The molecule has 2 aromatic carbocycles. The van der Waals surface area contributed by atoms with Crippen molar-refractivity contribution in [1.29, 1.82) is 0 Å². The number of hydrogen-bond donors (Lipinski definition) is 1. The Hall–Kier alpha value is -1.84. The van der Waals surface area contributed by atoms with Crippen molar-refractivity contribution >= 4 is 0 Å². The van der Waals surface area contributed by atoms with E-state index in [1.165, 1.54) is 11.1 Å². The fraction of sp³-hybridized carbons (Fsp3) is 0.478. The zero-order chi connectivity index (χ0) is 18.5. The molecule has 1 aliphatic rings. The number of ether oxygens (including phenoxy) is 2. The van der Waals surface area contributed by atoms with Gasteiger partial charge < -0.3 is 14.8 Å². The van der Waals surface area contributed by atoms with E-state index >= 15 is 0 Å². The zero-order valence-electron chi connectivity index (χ0n) is 16.3. The van der Waals surface area contributed by atoms with E-state index in [-0.39, 0.29) is 11.0 Å². The highest BCUT2D eigenvalue weighted by molar-refractivity contribution is 5.33. The Morgan fingerprint density at radius 3 is 2.42 bits per heavy atom. The van der Waals surface area contributed by atoms with Crippen LogP contribution in [0.4, 0.5) is 0 Å². The van der Waals surface area contributed by atoms with E-state index in [9.17, 15) is 0 Å². The third-order valence-corrected chi connectivity index (χ3v) is 5.49. The molecule has 2 aromatic rings. The lowest BCUT2D eigenvalue weighted by atomic mass is 9.67. The highest BCUT2D eigenvalue weighted by Gasteiger charge is 2.41. The minimum Gasteiger partial charge on any atom is -0.497 e. The van der Waals surface area contributed by atoms with E-state index in [1.54, 1.807) is 7.11 Å². The maximum absolute atomic E-state index is 6.02. The van der Waals surface area contributed by atoms with Gasteiger partial charge in [0.05, 0.1) is 12.7 Å². The highest BCUT2D eigenvalue weighted by Crippen LogP contribution is 2.44. The van der Waals surface area contributed by atoms with Gasteiger partial charge in [0, 0.05) is 18.6 Å². The second-order valence-electron chi connectivity index (χ2n) is 7.96. The maximum Gasteiger partial charge on any atom is 0.118 e. The highest BCUT2D eigenvalue weighted by atomic mass is 16.5. The second-order valence-corrected chi connectivity index (χ2v) is 7.96. The molecule has 0 amide bonds. The summed E-state index contributed by atoms with van der Waals surface area (Å²) in [6.45, 7) is 7.15. The van der Waals surface area contributed by atoms with Gasteiger partial charge in [0.15, 0.2) is 0 Å². The molecule has 0 bridgehead atoms. The molecule has 140 valence electrons. The van der Waals surface area contributed by atoms with Crippen LogP contribution < -0.4 is 10.1 Å². The Morgan fingerprint density at radius 2 is 1.77 bits per heavy atom. The summed E-state index contributed by atoms with van der Waals surface area (Å²) in [6.07, 6.45) is 3.22. The van der Waals surface area contributed by atoms with Crippen molar-refractivity contribution in [1.82, 2.24) is 5.32 Å². The molecule has 1 fully saturated rings. The van der Waals surface area contributed by atoms with Gasteiger partial charge in [-0.3, -0.25) is 0 Å². The standard InChI is InChI=1S/C23H31NO2/c1-22(2)18-23(14-16-26-22,20-9-11-21(25-3)12-10-20)13-15-24-17-19-7-5-4-6-8-19/h4-12,24H,13-18H2,1-3H3/t23-/m1/s1. The van der Waals surface area contributed by atoms with Gasteiger partial charge in [-0.05, 0) is 62.9 Å². The minimum absolute atomic E-state index is 0.0857. The molecule has 3 heteroatoms. The summed E-state index contributed by atoms with van der Waals surface area (Å²) in [5.74, 6) is 0.914. The molecule has 0 aliphatic carbocycles. The normalized spacial score (nSPS) is 22.1. The fourth-order valence-corrected chi connectivity index (χ4v) is 4.18. The first-order valence-electron chi connectivity index (χ1n) is 9.56. The smallest absolute Gasteiger partial charge is 0.118 e. The summed E-state index contributed by atoms with van der Waals surface area (Å²) in [7, 11) is 1.72. The Kier molecular flexibility index (Phi) is 6.00. The van der Waals surface area contributed by atoms with Crippen molar-refractivity contribution in [2.45, 2.75) is 50.7 Å². The average Bonchev–Trinajstić information content (AvgIpc) is 2.65. The van der Waals surface area contributed by atoms with Crippen LogP contribution in [0.1, 0.15) is 44.2 Å². The number of hydrogen-bond acceptors (Lipinski definition) is 3. The summed E-state index contributed by atoms with van der Waals surface area (Å²) in [6, 6.07) is 19.2. The van der Waals surface area contributed by atoms with Gasteiger partial charge in [0.1, 0.15) is 5.75 Å². The quantitative estimate of drug-likeness (QED) is 0.732. The molecule has 1 N–H and O–H groups in total. The maximum atomic E-state index is 6.02.